The van der Waals surface area contributed by atoms with Crippen LogP contribution < -0.4 is 10.6 Å². The van der Waals surface area contributed by atoms with Gasteiger partial charge in [-0.2, -0.15) is 0 Å². The summed E-state index contributed by atoms with van der Waals surface area (Å²) in [5.74, 6) is -0.192. The van der Waals surface area contributed by atoms with Gasteiger partial charge in [-0.3, -0.25) is 4.79 Å². The smallest absolute Gasteiger partial charge is 0.323 e. The van der Waals surface area contributed by atoms with E-state index < -0.39 is 6.03 Å². The fraction of sp³-hybridized carbons (Fsp3) is 0.0455. The highest BCUT2D eigenvalue weighted by molar-refractivity contribution is 6.15. The average molecular weight is 369 g/mol. The number of para-hydroxylation sites is 2. The summed E-state index contributed by atoms with van der Waals surface area (Å²) < 4.78 is 1.77. The summed E-state index contributed by atoms with van der Waals surface area (Å²) in [6.45, 7) is 0. The highest BCUT2D eigenvalue weighted by atomic mass is 16.2. The molecule has 0 saturated carbocycles. The van der Waals surface area contributed by atoms with Crippen molar-refractivity contribution in [1.82, 2.24) is 9.55 Å². The SMILES string of the molecule is Cn1[c]nc2cc(C(=O)c3ccccc3NC(=O)Nc3ccccc3)ccc21. The van der Waals surface area contributed by atoms with E-state index in [0.717, 1.165) is 5.52 Å². The van der Waals surface area contributed by atoms with Crippen LogP contribution in [0.4, 0.5) is 16.2 Å². The monoisotopic (exact) mass is 369 g/mol. The van der Waals surface area contributed by atoms with Gasteiger partial charge in [-0.05, 0) is 42.5 Å². The standard InChI is InChI=1S/C22H17N4O2/c1-26-14-23-19-13-15(11-12-20(19)26)21(27)17-9-5-6-10-18(17)25-22(28)24-16-7-3-2-4-8-16/h2-13H,1H3,(H2,24,25,28). The van der Waals surface area contributed by atoms with Crippen LogP contribution in [0.5, 0.6) is 0 Å². The molecule has 0 fully saturated rings. The zero-order valence-corrected chi connectivity index (χ0v) is 15.1. The predicted octanol–water partition coefficient (Wildman–Crippen LogP) is 4.25. The third-order valence-electron chi connectivity index (χ3n) is 4.37. The maximum Gasteiger partial charge on any atom is 0.323 e. The van der Waals surface area contributed by atoms with Crippen molar-refractivity contribution in [3.63, 3.8) is 0 Å². The number of amides is 2. The van der Waals surface area contributed by atoms with Crippen molar-refractivity contribution in [2.45, 2.75) is 0 Å². The second-order valence-electron chi connectivity index (χ2n) is 6.29. The number of anilines is 2. The van der Waals surface area contributed by atoms with Crippen LogP contribution >= 0.6 is 0 Å². The third-order valence-corrected chi connectivity index (χ3v) is 4.37. The highest BCUT2D eigenvalue weighted by Gasteiger charge is 2.16. The number of carbonyl (C=O) groups excluding carboxylic acids is 2. The van der Waals surface area contributed by atoms with Gasteiger partial charge in [-0.1, -0.05) is 30.3 Å². The fourth-order valence-electron chi connectivity index (χ4n) is 2.97. The number of urea groups is 1. The van der Waals surface area contributed by atoms with Crippen LogP contribution in [0.1, 0.15) is 15.9 Å². The lowest BCUT2D eigenvalue weighted by molar-refractivity contribution is 0.103. The maximum absolute atomic E-state index is 13.0. The van der Waals surface area contributed by atoms with E-state index in [0.29, 0.717) is 28.0 Å². The summed E-state index contributed by atoms with van der Waals surface area (Å²) >= 11 is 0. The summed E-state index contributed by atoms with van der Waals surface area (Å²) in [6, 6.07) is 20.9. The first-order chi connectivity index (χ1) is 13.6. The zero-order chi connectivity index (χ0) is 19.5. The van der Waals surface area contributed by atoms with E-state index in [4.69, 9.17) is 0 Å². The molecule has 4 aromatic rings. The van der Waals surface area contributed by atoms with Gasteiger partial charge in [0.1, 0.15) is 0 Å². The van der Waals surface area contributed by atoms with Crippen LogP contribution in [0.15, 0.2) is 72.8 Å². The molecule has 1 aromatic heterocycles. The first-order valence-electron chi connectivity index (χ1n) is 8.73. The Hall–Kier alpha value is -3.93. The van der Waals surface area contributed by atoms with Crippen molar-refractivity contribution >= 4 is 34.2 Å². The lowest BCUT2D eigenvalue weighted by Gasteiger charge is -2.11. The van der Waals surface area contributed by atoms with Crippen molar-refractivity contribution in [2.24, 2.45) is 7.05 Å². The number of ketones is 1. The molecule has 6 heteroatoms. The second kappa shape index (κ2) is 7.36. The van der Waals surface area contributed by atoms with E-state index in [1.165, 1.54) is 0 Å². The van der Waals surface area contributed by atoms with E-state index >= 15 is 0 Å². The normalized spacial score (nSPS) is 10.6. The number of benzene rings is 3. The third kappa shape index (κ3) is 3.48. The number of hydrogen-bond donors (Lipinski definition) is 2. The van der Waals surface area contributed by atoms with E-state index in [2.05, 4.69) is 21.9 Å². The summed E-state index contributed by atoms with van der Waals surface area (Å²) in [6.07, 6.45) is 2.83. The van der Waals surface area contributed by atoms with Crippen LogP contribution in [0, 0.1) is 6.33 Å². The molecule has 1 radical (unpaired) electrons. The molecule has 0 unspecified atom stereocenters. The number of fused-ring (bicyclic) bond motifs is 1. The average Bonchev–Trinajstić information content (AvgIpc) is 3.09. The van der Waals surface area contributed by atoms with Gasteiger partial charge in [0.05, 0.1) is 16.7 Å². The highest BCUT2D eigenvalue weighted by Crippen LogP contribution is 2.22. The van der Waals surface area contributed by atoms with Gasteiger partial charge in [0, 0.05) is 23.9 Å². The molecule has 3 aromatic carbocycles. The van der Waals surface area contributed by atoms with Crippen molar-refractivity contribution in [1.29, 1.82) is 0 Å². The minimum atomic E-state index is -0.416. The lowest BCUT2D eigenvalue weighted by atomic mass is 10.0. The molecule has 0 spiro atoms. The fourth-order valence-corrected chi connectivity index (χ4v) is 2.97. The number of nitrogens with one attached hydrogen (secondary N) is 2. The van der Waals surface area contributed by atoms with Crippen LogP contribution in [-0.4, -0.2) is 21.4 Å². The van der Waals surface area contributed by atoms with Crippen molar-refractivity contribution in [3.8, 4) is 0 Å². The molecule has 4 rings (SSSR count). The Labute approximate surface area is 161 Å². The Balaban J connectivity index is 1.59. The number of imidazole rings is 1. The molecule has 6 nitrogen and oxygen atoms in total. The predicted molar refractivity (Wildman–Crippen MR) is 109 cm³/mol. The summed E-state index contributed by atoms with van der Waals surface area (Å²) in [5, 5.41) is 5.50. The van der Waals surface area contributed by atoms with Gasteiger partial charge < -0.3 is 15.2 Å². The Morgan fingerprint density at radius 3 is 2.50 bits per heavy atom. The molecule has 137 valence electrons. The molecule has 1 heterocycles. The summed E-state index contributed by atoms with van der Waals surface area (Å²) in [5.41, 5.74) is 3.60. The first-order valence-corrected chi connectivity index (χ1v) is 8.73. The van der Waals surface area contributed by atoms with Crippen molar-refractivity contribution in [3.05, 3.63) is 90.3 Å². The maximum atomic E-state index is 13.0. The van der Waals surface area contributed by atoms with E-state index in [1.54, 1.807) is 53.1 Å². The van der Waals surface area contributed by atoms with Crippen molar-refractivity contribution in [2.75, 3.05) is 10.6 Å². The van der Waals surface area contributed by atoms with E-state index in [1.807, 2.05) is 31.3 Å². The van der Waals surface area contributed by atoms with Gasteiger partial charge >= 0.3 is 6.03 Å². The Morgan fingerprint density at radius 1 is 0.929 bits per heavy atom. The number of aromatic nitrogens is 2. The molecule has 0 saturated heterocycles. The number of aryl methyl sites for hydroxylation is 1. The molecule has 28 heavy (non-hydrogen) atoms. The van der Waals surface area contributed by atoms with Gasteiger partial charge in [-0.25, -0.2) is 9.78 Å². The first kappa shape index (κ1) is 17.5. The number of carbonyl (C=O) groups is 2. The number of nitrogens with zero attached hydrogens (tertiary/aromatic N) is 2. The topological polar surface area (TPSA) is 76.0 Å². The molecular weight excluding hydrogens is 352 g/mol. The van der Waals surface area contributed by atoms with Gasteiger partial charge in [0.2, 0.25) is 0 Å². The number of rotatable bonds is 4. The minimum Gasteiger partial charge on any atom is -0.324 e. The minimum absolute atomic E-state index is 0.192. The zero-order valence-electron chi connectivity index (χ0n) is 15.1. The molecule has 0 aliphatic carbocycles. The molecule has 0 aliphatic heterocycles. The van der Waals surface area contributed by atoms with Gasteiger partial charge in [-0.15, -0.1) is 0 Å². The Morgan fingerprint density at radius 2 is 1.68 bits per heavy atom. The molecule has 0 aliphatic rings. The quantitative estimate of drug-likeness (QED) is 0.528. The Bertz CT molecular complexity index is 1170. The van der Waals surface area contributed by atoms with E-state index in [9.17, 15) is 9.59 Å². The summed E-state index contributed by atoms with van der Waals surface area (Å²) in [4.78, 5) is 29.5. The lowest BCUT2D eigenvalue weighted by Crippen LogP contribution is -2.21. The van der Waals surface area contributed by atoms with Crippen molar-refractivity contribution < 1.29 is 9.59 Å². The van der Waals surface area contributed by atoms with Crippen LogP contribution in [0.3, 0.4) is 0 Å². The van der Waals surface area contributed by atoms with Crippen LogP contribution in [0.25, 0.3) is 11.0 Å². The number of hydrogen-bond acceptors (Lipinski definition) is 3. The van der Waals surface area contributed by atoms with Crippen LogP contribution in [-0.2, 0) is 7.05 Å². The second-order valence-corrected chi connectivity index (χ2v) is 6.29. The molecule has 2 amide bonds. The van der Waals surface area contributed by atoms with Gasteiger partial charge in [0.25, 0.3) is 0 Å². The molecule has 0 atom stereocenters. The van der Waals surface area contributed by atoms with E-state index in [-0.39, 0.29) is 5.78 Å². The van der Waals surface area contributed by atoms with Gasteiger partial charge in [0.15, 0.2) is 12.1 Å². The summed E-state index contributed by atoms with van der Waals surface area (Å²) in [7, 11) is 1.85. The largest absolute Gasteiger partial charge is 0.324 e. The van der Waals surface area contributed by atoms with Crippen LogP contribution in [0.2, 0.25) is 0 Å². The Kier molecular flexibility index (Phi) is 4.60. The molecular formula is C22H17N4O2. The molecule has 0 bridgehead atoms. The molecule has 2 N–H and O–H groups in total.